The Morgan fingerprint density at radius 3 is 2.79 bits per heavy atom. The highest BCUT2D eigenvalue weighted by molar-refractivity contribution is 5.97. The van der Waals surface area contributed by atoms with Crippen molar-refractivity contribution in [3.63, 3.8) is 0 Å². The molecule has 0 saturated carbocycles. The van der Waals surface area contributed by atoms with Crippen molar-refractivity contribution in [2.75, 3.05) is 31.2 Å². The molecule has 1 aromatic rings. The third kappa shape index (κ3) is 3.72. The summed E-state index contributed by atoms with van der Waals surface area (Å²) in [7, 11) is 0. The van der Waals surface area contributed by atoms with Crippen LogP contribution in [0.5, 0.6) is 11.5 Å². The molecule has 7 nitrogen and oxygen atoms in total. The number of rotatable bonds is 4. The van der Waals surface area contributed by atoms with Gasteiger partial charge in [0.25, 0.3) is 0 Å². The second-order valence-corrected chi connectivity index (χ2v) is 6.48. The van der Waals surface area contributed by atoms with E-state index in [2.05, 4.69) is 10.6 Å². The molecule has 1 fully saturated rings. The van der Waals surface area contributed by atoms with Gasteiger partial charge in [-0.15, -0.1) is 0 Å². The standard InChI is InChI=1S/C17H23N3O4/c1-11(2)9-18-17(22)19-12-7-16(21)20(10-12)13-3-4-14-15(8-13)24-6-5-23-14/h3-4,8,11-12H,5-7,9-10H2,1-2H3,(H2,18,19,22)/t12-/m0/s1. The number of hydrogen-bond acceptors (Lipinski definition) is 4. The van der Waals surface area contributed by atoms with Crippen molar-refractivity contribution in [2.24, 2.45) is 5.92 Å². The molecule has 0 spiro atoms. The summed E-state index contributed by atoms with van der Waals surface area (Å²) >= 11 is 0. The molecule has 3 amide bonds. The fourth-order valence-corrected chi connectivity index (χ4v) is 2.79. The van der Waals surface area contributed by atoms with E-state index in [-0.39, 0.29) is 18.0 Å². The summed E-state index contributed by atoms with van der Waals surface area (Å²) in [5.74, 6) is 1.72. The molecule has 7 heteroatoms. The molecule has 2 aliphatic heterocycles. The highest BCUT2D eigenvalue weighted by Crippen LogP contribution is 2.35. The van der Waals surface area contributed by atoms with Gasteiger partial charge in [0.05, 0.1) is 6.04 Å². The Morgan fingerprint density at radius 1 is 1.29 bits per heavy atom. The van der Waals surface area contributed by atoms with Crippen LogP contribution in [-0.4, -0.2) is 44.3 Å². The van der Waals surface area contributed by atoms with E-state index in [1.807, 2.05) is 32.0 Å². The molecule has 0 aliphatic carbocycles. The summed E-state index contributed by atoms with van der Waals surface area (Å²) in [6, 6.07) is 5.04. The minimum absolute atomic E-state index is 0.0131. The summed E-state index contributed by atoms with van der Waals surface area (Å²) in [5, 5.41) is 5.66. The van der Waals surface area contributed by atoms with E-state index in [1.54, 1.807) is 4.90 Å². The maximum absolute atomic E-state index is 12.3. The fourth-order valence-electron chi connectivity index (χ4n) is 2.79. The summed E-state index contributed by atoms with van der Waals surface area (Å²) in [4.78, 5) is 25.8. The van der Waals surface area contributed by atoms with Gasteiger partial charge in [-0.3, -0.25) is 4.79 Å². The van der Waals surface area contributed by atoms with Crippen LogP contribution in [0.4, 0.5) is 10.5 Å². The number of fused-ring (bicyclic) bond motifs is 1. The van der Waals surface area contributed by atoms with Crippen LogP contribution in [0.3, 0.4) is 0 Å². The van der Waals surface area contributed by atoms with Crippen LogP contribution < -0.4 is 25.0 Å². The first-order valence-corrected chi connectivity index (χ1v) is 8.27. The molecule has 3 rings (SSSR count). The molecule has 0 radical (unpaired) electrons. The van der Waals surface area contributed by atoms with E-state index < -0.39 is 0 Å². The SMILES string of the molecule is CC(C)CNC(=O)N[C@H]1CC(=O)N(c2ccc3c(c2)OCCO3)C1. The Morgan fingerprint density at radius 2 is 2.04 bits per heavy atom. The maximum Gasteiger partial charge on any atom is 0.315 e. The Bertz CT molecular complexity index is 632. The zero-order valence-electron chi connectivity index (χ0n) is 14.0. The van der Waals surface area contributed by atoms with E-state index >= 15 is 0 Å². The largest absolute Gasteiger partial charge is 0.486 e. The van der Waals surface area contributed by atoms with Crippen LogP contribution in [0.15, 0.2) is 18.2 Å². The van der Waals surface area contributed by atoms with Crippen LogP contribution in [-0.2, 0) is 4.79 Å². The smallest absolute Gasteiger partial charge is 0.315 e. The van der Waals surface area contributed by atoms with Gasteiger partial charge in [0.1, 0.15) is 13.2 Å². The van der Waals surface area contributed by atoms with Gasteiger partial charge in [0.15, 0.2) is 11.5 Å². The number of urea groups is 1. The average Bonchev–Trinajstić information content (AvgIpc) is 2.92. The highest BCUT2D eigenvalue weighted by atomic mass is 16.6. The number of hydrogen-bond donors (Lipinski definition) is 2. The second-order valence-electron chi connectivity index (χ2n) is 6.48. The molecule has 2 N–H and O–H groups in total. The van der Waals surface area contributed by atoms with Crippen molar-refractivity contribution < 1.29 is 19.1 Å². The van der Waals surface area contributed by atoms with Crippen molar-refractivity contribution in [1.82, 2.24) is 10.6 Å². The minimum atomic E-state index is -0.231. The number of amides is 3. The van der Waals surface area contributed by atoms with Gasteiger partial charge in [-0.25, -0.2) is 4.79 Å². The summed E-state index contributed by atoms with van der Waals surface area (Å²) in [5.41, 5.74) is 0.760. The van der Waals surface area contributed by atoms with Gasteiger partial charge in [0, 0.05) is 31.3 Å². The maximum atomic E-state index is 12.3. The molecule has 0 unspecified atom stereocenters. The van der Waals surface area contributed by atoms with Crippen molar-refractivity contribution in [3.05, 3.63) is 18.2 Å². The number of ether oxygens (including phenoxy) is 2. The van der Waals surface area contributed by atoms with Gasteiger partial charge in [-0.1, -0.05) is 13.8 Å². The number of carbonyl (C=O) groups excluding carboxylic acids is 2. The van der Waals surface area contributed by atoms with Gasteiger partial charge < -0.3 is 25.0 Å². The Balaban J connectivity index is 1.61. The molecular weight excluding hydrogens is 310 g/mol. The first-order valence-electron chi connectivity index (χ1n) is 8.27. The predicted molar refractivity (Wildman–Crippen MR) is 89.6 cm³/mol. The van der Waals surface area contributed by atoms with E-state index in [0.717, 1.165) is 5.69 Å². The van der Waals surface area contributed by atoms with Crippen molar-refractivity contribution >= 4 is 17.6 Å². The number of anilines is 1. The van der Waals surface area contributed by atoms with Crippen LogP contribution >= 0.6 is 0 Å². The molecule has 1 aromatic carbocycles. The first-order chi connectivity index (χ1) is 11.5. The average molecular weight is 333 g/mol. The fraction of sp³-hybridized carbons (Fsp3) is 0.529. The van der Waals surface area contributed by atoms with Crippen molar-refractivity contribution in [1.29, 1.82) is 0 Å². The molecule has 1 atom stereocenters. The van der Waals surface area contributed by atoms with Crippen molar-refractivity contribution in [3.8, 4) is 11.5 Å². The van der Waals surface area contributed by atoms with Crippen molar-refractivity contribution in [2.45, 2.75) is 26.3 Å². The number of nitrogens with zero attached hydrogens (tertiary/aromatic N) is 1. The third-order valence-corrected chi connectivity index (χ3v) is 3.97. The molecular formula is C17H23N3O4. The number of benzene rings is 1. The zero-order valence-corrected chi connectivity index (χ0v) is 14.0. The number of nitrogens with one attached hydrogen (secondary N) is 2. The highest BCUT2D eigenvalue weighted by Gasteiger charge is 2.32. The monoisotopic (exact) mass is 333 g/mol. The molecule has 2 heterocycles. The molecule has 0 aromatic heterocycles. The quantitative estimate of drug-likeness (QED) is 0.875. The van der Waals surface area contributed by atoms with E-state index in [0.29, 0.717) is 50.1 Å². The summed E-state index contributed by atoms with van der Waals surface area (Å²) in [6.07, 6.45) is 0.295. The Hall–Kier alpha value is -2.44. The molecule has 2 aliphatic rings. The number of carbonyl (C=O) groups is 2. The zero-order chi connectivity index (χ0) is 17.1. The normalized spacial score (nSPS) is 19.5. The lowest BCUT2D eigenvalue weighted by Gasteiger charge is -2.22. The van der Waals surface area contributed by atoms with Gasteiger partial charge in [0.2, 0.25) is 5.91 Å². The van der Waals surface area contributed by atoms with E-state index in [4.69, 9.17) is 9.47 Å². The van der Waals surface area contributed by atoms with Gasteiger partial charge in [-0.2, -0.15) is 0 Å². The molecule has 1 saturated heterocycles. The van der Waals surface area contributed by atoms with Crippen LogP contribution in [0.25, 0.3) is 0 Å². The van der Waals surface area contributed by atoms with E-state index in [1.165, 1.54) is 0 Å². The van der Waals surface area contributed by atoms with E-state index in [9.17, 15) is 9.59 Å². The predicted octanol–water partition coefficient (Wildman–Crippen LogP) is 1.52. The van der Waals surface area contributed by atoms with Crippen LogP contribution in [0.2, 0.25) is 0 Å². The van der Waals surface area contributed by atoms with Gasteiger partial charge in [-0.05, 0) is 18.1 Å². The second kappa shape index (κ2) is 6.98. The lowest BCUT2D eigenvalue weighted by molar-refractivity contribution is -0.117. The summed E-state index contributed by atoms with van der Waals surface area (Å²) < 4.78 is 11.1. The van der Waals surface area contributed by atoms with Gasteiger partial charge >= 0.3 is 6.03 Å². The minimum Gasteiger partial charge on any atom is -0.486 e. The first kappa shape index (κ1) is 16.4. The van der Waals surface area contributed by atoms with Crippen LogP contribution in [0, 0.1) is 5.92 Å². The third-order valence-electron chi connectivity index (χ3n) is 3.97. The molecule has 24 heavy (non-hydrogen) atoms. The molecule has 130 valence electrons. The summed E-state index contributed by atoms with van der Waals surface area (Å²) in [6.45, 7) is 6.16. The topological polar surface area (TPSA) is 79.9 Å². The Labute approximate surface area is 141 Å². The Kier molecular flexibility index (Phi) is 4.78. The van der Waals surface area contributed by atoms with Crippen LogP contribution in [0.1, 0.15) is 20.3 Å². The lowest BCUT2D eigenvalue weighted by Crippen LogP contribution is -2.44. The molecule has 0 bridgehead atoms. The lowest BCUT2D eigenvalue weighted by atomic mass is 10.2.